The molecule has 0 radical (unpaired) electrons. The van der Waals surface area contributed by atoms with Crippen LogP contribution in [0.25, 0.3) is 0 Å². The first kappa shape index (κ1) is 12.2. The number of methoxy groups -OCH3 is 1. The molecule has 0 saturated heterocycles. The quantitative estimate of drug-likeness (QED) is 0.856. The molecule has 1 unspecified atom stereocenters. The molecule has 1 N–H and O–H groups in total. The molecule has 1 aromatic rings. The number of halogens is 1. The van der Waals surface area contributed by atoms with Crippen LogP contribution in [0.1, 0.15) is 12.5 Å². The van der Waals surface area contributed by atoms with Crippen molar-refractivity contribution in [1.82, 2.24) is 0 Å². The molecule has 82 valence electrons. The lowest BCUT2D eigenvalue weighted by molar-refractivity contribution is -0.160. The van der Waals surface area contributed by atoms with E-state index in [0.717, 1.165) is 10.0 Å². The Morgan fingerprint density at radius 2 is 2.00 bits per heavy atom. The summed E-state index contributed by atoms with van der Waals surface area (Å²) < 4.78 is 5.47. The normalized spacial score (nSPS) is 14.4. The Kier molecular flexibility index (Phi) is 3.88. The van der Waals surface area contributed by atoms with Crippen molar-refractivity contribution < 1.29 is 14.6 Å². The molecule has 0 heterocycles. The van der Waals surface area contributed by atoms with Crippen molar-refractivity contribution in [2.45, 2.75) is 18.9 Å². The molecule has 0 spiro atoms. The number of aliphatic hydroxyl groups is 1. The first-order valence-corrected chi connectivity index (χ1v) is 5.30. The Bertz CT molecular complexity index is 343. The highest BCUT2D eigenvalue weighted by molar-refractivity contribution is 9.10. The third-order valence-corrected chi connectivity index (χ3v) is 2.62. The van der Waals surface area contributed by atoms with Crippen LogP contribution in [-0.4, -0.2) is 23.8 Å². The van der Waals surface area contributed by atoms with E-state index in [1.54, 1.807) is 0 Å². The van der Waals surface area contributed by atoms with Crippen LogP contribution in [0.15, 0.2) is 28.7 Å². The lowest BCUT2D eigenvalue weighted by Gasteiger charge is -2.19. The summed E-state index contributed by atoms with van der Waals surface area (Å²) in [4.78, 5) is 11.2. The minimum absolute atomic E-state index is 0.243. The number of rotatable bonds is 3. The molecule has 1 aromatic carbocycles. The van der Waals surface area contributed by atoms with Gasteiger partial charge in [0.25, 0.3) is 0 Å². The predicted octanol–water partition coefficient (Wildman–Crippen LogP) is 1.92. The van der Waals surface area contributed by atoms with E-state index in [0.29, 0.717) is 0 Å². The van der Waals surface area contributed by atoms with Crippen molar-refractivity contribution in [2.24, 2.45) is 0 Å². The first-order valence-electron chi connectivity index (χ1n) is 4.51. The average molecular weight is 273 g/mol. The van der Waals surface area contributed by atoms with Crippen LogP contribution < -0.4 is 0 Å². The molecule has 0 aromatic heterocycles. The Balaban J connectivity index is 2.77. The van der Waals surface area contributed by atoms with E-state index in [2.05, 4.69) is 20.7 Å². The topological polar surface area (TPSA) is 46.5 Å². The second-order valence-corrected chi connectivity index (χ2v) is 4.48. The van der Waals surface area contributed by atoms with Crippen molar-refractivity contribution in [1.29, 1.82) is 0 Å². The monoisotopic (exact) mass is 272 g/mol. The summed E-state index contributed by atoms with van der Waals surface area (Å²) in [7, 11) is 1.26. The fourth-order valence-corrected chi connectivity index (χ4v) is 1.56. The van der Waals surface area contributed by atoms with Gasteiger partial charge in [0, 0.05) is 10.9 Å². The number of hydrogen-bond donors (Lipinski definition) is 1. The highest BCUT2D eigenvalue weighted by Gasteiger charge is 2.31. The van der Waals surface area contributed by atoms with Crippen LogP contribution in [-0.2, 0) is 16.0 Å². The standard InChI is InChI=1S/C11H13BrO3/c1-11(14,10(13)15-2)7-8-3-5-9(12)6-4-8/h3-6,14H,7H2,1-2H3. The van der Waals surface area contributed by atoms with Gasteiger partial charge in [-0.05, 0) is 24.6 Å². The smallest absolute Gasteiger partial charge is 0.337 e. The maximum Gasteiger partial charge on any atom is 0.337 e. The molecule has 0 aliphatic heterocycles. The van der Waals surface area contributed by atoms with Crippen molar-refractivity contribution in [3.05, 3.63) is 34.3 Å². The van der Waals surface area contributed by atoms with E-state index < -0.39 is 11.6 Å². The summed E-state index contributed by atoms with van der Waals surface area (Å²) in [5.74, 6) is -0.620. The van der Waals surface area contributed by atoms with Crippen LogP contribution in [0.5, 0.6) is 0 Å². The molecule has 1 rings (SSSR count). The molecule has 1 atom stereocenters. The van der Waals surface area contributed by atoms with Gasteiger partial charge in [-0.15, -0.1) is 0 Å². The summed E-state index contributed by atoms with van der Waals surface area (Å²) in [5, 5.41) is 9.82. The van der Waals surface area contributed by atoms with Gasteiger partial charge in [0.05, 0.1) is 7.11 Å². The lowest BCUT2D eigenvalue weighted by Crippen LogP contribution is -2.38. The molecule has 15 heavy (non-hydrogen) atoms. The highest BCUT2D eigenvalue weighted by atomic mass is 79.9. The number of hydrogen-bond acceptors (Lipinski definition) is 3. The average Bonchev–Trinajstić information content (AvgIpc) is 2.20. The van der Waals surface area contributed by atoms with Gasteiger partial charge in [-0.25, -0.2) is 4.79 Å². The number of benzene rings is 1. The van der Waals surface area contributed by atoms with E-state index in [1.165, 1.54) is 14.0 Å². The van der Waals surface area contributed by atoms with Crippen LogP contribution in [0, 0.1) is 0 Å². The van der Waals surface area contributed by atoms with Crippen LogP contribution in [0.3, 0.4) is 0 Å². The zero-order chi connectivity index (χ0) is 11.5. The molecule has 0 amide bonds. The van der Waals surface area contributed by atoms with Gasteiger partial charge in [0.15, 0.2) is 5.60 Å². The van der Waals surface area contributed by atoms with Crippen molar-refractivity contribution in [3.63, 3.8) is 0 Å². The van der Waals surface area contributed by atoms with Crippen LogP contribution in [0.2, 0.25) is 0 Å². The van der Waals surface area contributed by atoms with Crippen LogP contribution >= 0.6 is 15.9 Å². The van der Waals surface area contributed by atoms with Gasteiger partial charge in [-0.3, -0.25) is 0 Å². The summed E-state index contributed by atoms with van der Waals surface area (Å²) in [6.45, 7) is 1.45. The van der Waals surface area contributed by atoms with Gasteiger partial charge in [-0.1, -0.05) is 28.1 Å². The Morgan fingerprint density at radius 3 is 2.47 bits per heavy atom. The Morgan fingerprint density at radius 1 is 1.47 bits per heavy atom. The minimum Gasteiger partial charge on any atom is -0.467 e. The number of esters is 1. The van der Waals surface area contributed by atoms with Crippen molar-refractivity contribution in [3.8, 4) is 0 Å². The maximum atomic E-state index is 11.2. The maximum absolute atomic E-state index is 11.2. The van der Waals surface area contributed by atoms with Gasteiger partial charge < -0.3 is 9.84 Å². The second kappa shape index (κ2) is 4.77. The van der Waals surface area contributed by atoms with Gasteiger partial charge in [0.1, 0.15) is 0 Å². The molecule has 0 aliphatic rings. The fourth-order valence-electron chi connectivity index (χ4n) is 1.29. The van der Waals surface area contributed by atoms with E-state index in [1.807, 2.05) is 24.3 Å². The van der Waals surface area contributed by atoms with E-state index in [-0.39, 0.29) is 6.42 Å². The minimum atomic E-state index is -1.47. The lowest BCUT2D eigenvalue weighted by atomic mass is 9.97. The van der Waals surface area contributed by atoms with Crippen molar-refractivity contribution >= 4 is 21.9 Å². The summed E-state index contributed by atoms with van der Waals surface area (Å²) in [5.41, 5.74) is -0.587. The molecule has 0 saturated carbocycles. The third kappa shape index (κ3) is 3.32. The molecular weight excluding hydrogens is 260 g/mol. The molecule has 0 bridgehead atoms. The van der Waals surface area contributed by atoms with Gasteiger partial charge >= 0.3 is 5.97 Å². The largest absolute Gasteiger partial charge is 0.467 e. The summed E-state index contributed by atoms with van der Waals surface area (Å²) >= 11 is 3.31. The number of ether oxygens (including phenoxy) is 1. The van der Waals surface area contributed by atoms with Gasteiger partial charge in [0.2, 0.25) is 0 Å². The zero-order valence-corrected chi connectivity index (χ0v) is 10.2. The summed E-state index contributed by atoms with van der Waals surface area (Å²) in [6, 6.07) is 7.42. The van der Waals surface area contributed by atoms with Gasteiger partial charge in [-0.2, -0.15) is 0 Å². The molecule has 3 nitrogen and oxygen atoms in total. The van der Waals surface area contributed by atoms with E-state index >= 15 is 0 Å². The molecule has 0 aliphatic carbocycles. The molecular formula is C11H13BrO3. The van der Waals surface area contributed by atoms with Crippen LogP contribution in [0.4, 0.5) is 0 Å². The van der Waals surface area contributed by atoms with E-state index in [9.17, 15) is 9.90 Å². The third-order valence-electron chi connectivity index (χ3n) is 2.09. The second-order valence-electron chi connectivity index (χ2n) is 3.57. The summed E-state index contributed by atoms with van der Waals surface area (Å²) in [6.07, 6.45) is 0.243. The van der Waals surface area contributed by atoms with Crippen molar-refractivity contribution in [2.75, 3.05) is 7.11 Å². The molecule has 4 heteroatoms. The number of carbonyl (C=O) groups excluding carboxylic acids is 1. The predicted molar refractivity (Wildman–Crippen MR) is 60.5 cm³/mol. The van der Waals surface area contributed by atoms with E-state index in [4.69, 9.17) is 0 Å². The Hall–Kier alpha value is -0.870. The molecule has 0 fully saturated rings. The first-order chi connectivity index (χ1) is 6.95. The fraction of sp³-hybridized carbons (Fsp3) is 0.364. The Labute approximate surface area is 97.2 Å². The SMILES string of the molecule is COC(=O)C(C)(O)Cc1ccc(Br)cc1. The highest BCUT2D eigenvalue weighted by Crippen LogP contribution is 2.17. The number of carbonyl (C=O) groups is 1. The zero-order valence-electron chi connectivity index (χ0n) is 8.66.